The van der Waals surface area contributed by atoms with Crippen molar-refractivity contribution in [3.63, 3.8) is 0 Å². The molecule has 6 nitrogen and oxygen atoms in total. The van der Waals surface area contributed by atoms with Gasteiger partial charge in [0.2, 0.25) is 0 Å². The van der Waals surface area contributed by atoms with Crippen molar-refractivity contribution in [1.82, 2.24) is 24.9 Å². The Labute approximate surface area is 282 Å². The molecule has 0 aliphatic carbocycles. The Kier molecular flexibility index (Phi) is 7.02. The zero-order valence-electron chi connectivity index (χ0n) is 26.2. The summed E-state index contributed by atoms with van der Waals surface area (Å²) in [6.45, 7) is 0. The molecule has 3 aromatic heterocycles. The van der Waals surface area contributed by atoms with Gasteiger partial charge >= 0.3 is 0 Å². The number of hydrogen-bond donors (Lipinski definition) is 0. The number of hydrogen-bond acceptors (Lipinski definition) is 6. The molecule has 3 heterocycles. The second-order valence-corrected chi connectivity index (χ2v) is 11.8. The topological polar surface area (TPSA) is 77.6 Å². The third kappa shape index (κ3) is 5.41. The van der Waals surface area contributed by atoms with Gasteiger partial charge in [-0.1, -0.05) is 133 Å². The van der Waals surface area contributed by atoms with Gasteiger partial charge in [-0.3, -0.25) is 0 Å². The highest BCUT2D eigenvalue weighted by Crippen LogP contribution is 2.36. The third-order valence-electron chi connectivity index (χ3n) is 8.71. The van der Waals surface area contributed by atoms with Gasteiger partial charge in [0.1, 0.15) is 17.4 Å². The minimum absolute atomic E-state index is 0.585. The number of benzene rings is 6. The number of nitrogens with zero attached hydrogens (tertiary/aromatic N) is 5. The van der Waals surface area contributed by atoms with E-state index >= 15 is 0 Å². The standard InChI is InChI=1S/C43H27N5O/c1-3-10-28(11-4-1)30-20-22-31(23-21-30)41-46-42(34-16-7-14-32(24-34)29-12-5-2-6-13-29)48-43(47-41)35-17-8-15-33(25-35)36-18-9-19-37-39-38(49-40(36)37)26-44-27-45-39/h1-27H. The quantitative estimate of drug-likeness (QED) is 0.182. The molecular formula is C43H27N5O. The van der Waals surface area contributed by atoms with Gasteiger partial charge in [0.15, 0.2) is 23.1 Å². The second kappa shape index (κ2) is 12.1. The van der Waals surface area contributed by atoms with Crippen molar-refractivity contribution in [2.45, 2.75) is 0 Å². The predicted octanol–water partition coefficient (Wildman–Crippen LogP) is 10.6. The zero-order valence-corrected chi connectivity index (χ0v) is 26.2. The number of rotatable bonds is 6. The average Bonchev–Trinajstić information content (AvgIpc) is 3.58. The summed E-state index contributed by atoms with van der Waals surface area (Å²) in [4.78, 5) is 23.8. The Morgan fingerprint density at radius 3 is 1.61 bits per heavy atom. The lowest BCUT2D eigenvalue weighted by Crippen LogP contribution is -2.00. The van der Waals surface area contributed by atoms with Crippen molar-refractivity contribution in [1.29, 1.82) is 0 Å². The molecule has 0 bridgehead atoms. The molecule has 0 radical (unpaired) electrons. The summed E-state index contributed by atoms with van der Waals surface area (Å²) in [5.74, 6) is 1.79. The van der Waals surface area contributed by atoms with Crippen LogP contribution < -0.4 is 0 Å². The summed E-state index contributed by atoms with van der Waals surface area (Å²) in [6, 6.07) is 51.8. The summed E-state index contributed by atoms with van der Waals surface area (Å²) in [5.41, 5.74) is 11.4. The van der Waals surface area contributed by atoms with E-state index < -0.39 is 0 Å². The molecule has 0 saturated heterocycles. The minimum Gasteiger partial charge on any atom is -0.452 e. The highest BCUT2D eigenvalue weighted by molar-refractivity contribution is 6.07. The Morgan fingerprint density at radius 2 is 0.918 bits per heavy atom. The van der Waals surface area contributed by atoms with Gasteiger partial charge in [0, 0.05) is 27.6 Å². The summed E-state index contributed by atoms with van der Waals surface area (Å²) in [7, 11) is 0. The van der Waals surface area contributed by atoms with Crippen molar-refractivity contribution in [3.8, 4) is 67.5 Å². The van der Waals surface area contributed by atoms with Crippen LogP contribution >= 0.6 is 0 Å². The van der Waals surface area contributed by atoms with Crippen LogP contribution in [0.3, 0.4) is 0 Å². The van der Waals surface area contributed by atoms with Gasteiger partial charge in [-0.05, 0) is 46.0 Å². The van der Waals surface area contributed by atoms with E-state index in [0.717, 1.165) is 66.6 Å². The highest BCUT2D eigenvalue weighted by atomic mass is 16.3. The van der Waals surface area contributed by atoms with Crippen LogP contribution in [0.2, 0.25) is 0 Å². The van der Waals surface area contributed by atoms with Crippen LogP contribution in [0.5, 0.6) is 0 Å². The van der Waals surface area contributed by atoms with Crippen molar-refractivity contribution >= 4 is 22.1 Å². The summed E-state index contributed by atoms with van der Waals surface area (Å²) < 4.78 is 6.26. The molecule has 0 fully saturated rings. The number of para-hydroxylation sites is 1. The van der Waals surface area contributed by atoms with Crippen LogP contribution in [0.15, 0.2) is 169 Å². The van der Waals surface area contributed by atoms with Gasteiger partial charge in [0.25, 0.3) is 0 Å². The van der Waals surface area contributed by atoms with Crippen molar-refractivity contribution in [3.05, 3.63) is 164 Å². The van der Waals surface area contributed by atoms with E-state index in [2.05, 4.69) is 101 Å². The number of furan rings is 1. The third-order valence-corrected chi connectivity index (χ3v) is 8.71. The van der Waals surface area contributed by atoms with Crippen LogP contribution in [0, 0.1) is 0 Å². The van der Waals surface area contributed by atoms with E-state index in [0.29, 0.717) is 23.1 Å². The molecule has 0 N–H and O–H groups in total. The summed E-state index contributed by atoms with van der Waals surface area (Å²) >= 11 is 0. The molecule has 0 aliphatic rings. The molecule has 0 unspecified atom stereocenters. The van der Waals surface area contributed by atoms with E-state index in [4.69, 9.17) is 19.4 Å². The van der Waals surface area contributed by atoms with Crippen LogP contribution in [0.25, 0.3) is 89.6 Å². The van der Waals surface area contributed by atoms with E-state index in [1.807, 2.05) is 60.7 Å². The summed E-state index contributed by atoms with van der Waals surface area (Å²) in [6.07, 6.45) is 3.25. The second-order valence-electron chi connectivity index (χ2n) is 11.8. The normalized spacial score (nSPS) is 11.3. The molecule has 9 rings (SSSR count). The highest BCUT2D eigenvalue weighted by Gasteiger charge is 2.16. The first kappa shape index (κ1) is 28.4. The van der Waals surface area contributed by atoms with Gasteiger partial charge in [0.05, 0.1) is 6.20 Å². The zero-order chi connectivity index (χ0) is 32.6. The molecule has 0 aliphatic heterocycles. The first-order valence-corrected chi connectivity index (χ1v) is 16.1. The predicted molar refractivity (Wildman–Crippen MR) is 195 cm³/mol. The number of fused-ring (bicyclic) bond motifs is 3. The fraction of sp³-hybridized carbons (Fsp3) is 0. The first-order chi connectivity index (χ1) is 24.3. The Balaban J connectivity index is 1.18. The molecule has 6 heteroatoms. The molecule has 230 valence electrons. The van der Waals surface area contributed by atoms with E-state index in [1.54, 1.807) is 12.5 Å². The molecule has 0 saturated carbocycles. The van der Waals surface area contributed by atoms with Gasteiger partial charge in [-0.2, -0.15) is 0 Å². The van der Waals surface area contributed by atoms with Crippen LogP contribution in [-0.4, -0.2) is 24.9 Å². The lowest BCUT2D eigenvalue weighted by molar-refractivity contribution is 0.666. The summed E-state index contributed by atoms with van der Waals surface area (Å²) in [5, 5.41) is 0.947. The Hall–Kier alpha value is -6.79. The minimum atomic E-state index is 0.585. The SMILES string of the molecule is c1ccc(-c2ccc(-c3nc(-c4cccc(-c5ccccc5)c4)nc(-c4cccc(-c5cccc6c5oc5cncnc56)c4)n3)cc2)cc1. The average molecular weight is 630 g/mol. The van der Waals surface area contributed by atoms with Gasteiger partial charge < -0.3 is 4.42 Å². The lowest BCUT2D eigenvalue weighted by Gasteiger charge is -2.11. The Bertz CT molecular complexity index is 2600. The maximum Gasteiger partial charge on any atom is 0.172 e. The van der Waals surface area contributed by atoms with Crippen LogP contribution in [0.4, 0.5) is 0 Å². The van der Waals surface area contributed by atoms with E-state index in [-0.39, 0.29) is 0 Å². The lowest BCUT2D eigenvalue weighted by atomic mass is 10.0. The largest absolute Gasteiger partial charge is 0.452 e. The van der Waals surface area contributed by atoms with Crippen molar-refractivity contribution in [2.75, 3.05) is 0 Å². The van der Waals surface area contributed by atoms with E-state index in [9.17, 15) is 0 Å². The fourth-order valence-electron chi connectivity index (χ4n) is 6.26. The molecular weight excluding hydrogens is 603 g/mol. The maximum atomic E-state index is 6.26. The molecule has 0 atom stereocenters. The Morgan fingerprint density at radius 1 is 0.408 bits per heavy atom. The molecule has 49 heavy (non-hydrogen) atoms. The van der Waals surface area contributed by atoms with Gasteiger partial charge in [-0.25, -0.2) is 24.9 Å². The number of aromatic nitrogens is 5. The fourth-order valence-corrected chi connectivity index (χ4v) is 6.26. The smallest absolute Gasteiger partial charge is 0.172 e. The molecule has 9 aromatic rings. The molecule has 0 spiro atoms. The molecule has 0 amide bonds. The van der Waals surface area contributed by atoms with Crippen molar-refractivity contribution in [2.24, 2.45) is 0 Å². The van der Waals surface area contributed by atoms with Crippen LogP contribution in [-0.2, 0) is 0 Å². The van der Waals surface area contributed by atoms with Crippen LogP contribution in [0.1, 0.15) is 0 Å². The van der Waals surface area contributed by atoms with Crippen molar-refractivity contribution < 1.29 is 4.42 Å². The van der Waals surface area contributed by atoms with Gasteiger partial charge in [-0.15, -0.1) is 0 Å². The first-order valence-electron chi connectivity index (χ1n) is 16.1. The monoisotopic (exact) mass is 629 g/mol. The maximum absolute atomic E-state index is 6.26. The molecule has 6 aromatic carbocycles. The van der Waals surface area contributed by atoms with E-state index in [1.165, 1.54) is 0 Å².